The van der Waals surface area contributed by atoms with Gasteiger partial charge in [-0.25, -0.2) is 0 Å². The van der Waals surface area contributed by atoms with E-state index in [1.54, 1.807) is 0 Å². The van der Waals surface area contributed by atoms with Crippen LogP contribution in [-0.2, 0) is 0 Å². The van der Waals surface area contributed by atoms with E-state index in [1.165, 1.54) is 25.7 Å². The number of aromatic nitrogens is 2. The van der Waals surface area contributed by atoms with Gasteiger partial charge in [-0.3, -0.25) is 0 Å². The molecule has 0 spiro atoms. The van der Waals surface area contributed by atoms with Gasteiger partial charge in [0.15, 0.2) is 5.82 Å². The largest absolute Gasteiger partial charge is 0.366 e. The number of hydrogen-bond acceptors (Lipinski definition) is 5. The SMILES string of the molecule is CSC1(CNc2nnc(C)c(C)c2C#N)CCCC1. The predicted octanol–water partition coefficient (Wildman–Crippen LogP) is 3.05. The number of nitrogens with one attached hydrogen (secondary N) is 1. The number of anilines is 1. The Morgan fingerprint density at radius 3 is 2.58 bits per heavy atom. The Kier molecular flexibility index (Phi) is 4.31. The fraction of sp³-hybridized carbons (Fsp3) is 0.643. The van der Waals surface area contributed by atoms with Gasteiger partial charge in [0, 0.05) is 11.3 Å². The first-order valence-corrected chi connectivity index (χ1v) is 7.87. The zero-order valence-corrected chi connectivity index (χ0v) is 12.6. The summed E-state index contributed by atoms with van der Waals surface area (Å²) < 4.78 is 0.299. The minimum Gasteiger partial charge on any atom is -0.366 e. The van der Waals surface area contributed by atoms with Gasteiger partial charge in [-0.15, -0.1) is 5.10 Å². The van der Waals surface area contributed by atoms with Crippen molar-refractivity contribution in [1.82, 2.24) is 10.2 Å². The zero-order chi connectivity index (χ0) is 13.9. The maximum atomic E-state index is 9.27. The number of thioether (sulfide) groups is 1. The van der Waals surface area contributed by atoms with Crippen LogP contribution in [0.5, 0.6) is 0 Å². The average molecular weight is 276 g/mol. The lowest BCUT2D eigenvalue weighted by atomic mass is 10.1. The molecule has 1 N–H and O–H groups in total. The Morgan fingerprint density at radius 1 is 1.32 bits per heavy atom. The zero-order valence-electron chi connectivity index (χ0n) is 11.8. The van der Waals surface area contributed by atoms with Gasteiger partial charge in [0.1, 0.15) is 11.6 Å². The van der Waals surface area contributed by atoms with Crippen molar-refractivity contribution in [2.45, 2.75) is 44.3 Å². The van der Waals surface area contributed by atoms with E-state index in [1.807, 2.05) is 25.6 Å². The summed E-state index contributed by atoms with van der Waals surface area (Å²) >= 11 is 1.93. The molecule has 1 aliphatic rings. The molecule has 1 aromatic rings. The third-order valence-electron chi connectivity index (χ3n) is 4.09. The average Bonchev–Trinajstić information content (AvgIpc) is 2.89. The van der Waals surface area contributed by atoms with E-state index in [0.717, 1.165) is 17.8 Å². The van der Waals surface area contributed by atoms with Crippen LogP contribution < -0.4 is 5.32 Å². The summed E-state index contributed by atoms with van der Waals surface area (Å²) in [4.78, 5) is 0. The van der Waals surface area contributed by atoms with E-state index in [2.05, 4.69) is 27.8 Å². The molecule has 1 heterocycles. The lowest BCUT2D eigenvalue weighted by Gasteiger charge is -2.27. The first-order valence-electron chi connectivity index (χ1n) is 6.65. The topological polar surface area (TPSA) is 61.6 Å². The summed E-state index contributed by atoms with van der Waals surface area (Å²) in [7, 11) is 0. The highest BCUT2D eigenvalue weighted by molar-refractivity contribution is 8.00. The summed E-state index contributed by atoms with van der Waals surface area (Å²) in [5.41, 5.74) is 2.37. The molecular weight excluding hydrogens is 256 g/mol. The van der Waals surface area contributed by atoms with E-state index >= 15 is 0 Å². The van der Waals surface area contributed by atoms with Crippen molar-refractivity contribution >= 4 is 17.6 Å². The lowest BCUT2D eigenvalue weighted by molar-refractivity contribution is 0.637. The molecule has 1 fully saturated rings. The molecule has 0 bridgehead atoms. The van der Waals surface area contributed by atoms with Gasteiger partial charge in [-0.1, -0.05) is 12.8 Å². The van der Waals surface area contributed by atoms with Gasteiger partial charge in [0.05, 0.1) is 5.69 Å². The van der Waals surface area contributed by atoms with E-state index in [-0.39, 0.29) is 0 Å². The van der Waals surface area contributed by atoms with E-state index < -0.39 is 0 Å². The molecule has 0 atom stereocenters. The minimum absolute atomic E-state index is 0.299. The predicted molar refractivity (Wildman–Crippen MR) is 79.4 cm³/mol. The quantitative estimate of drug-likeness (QED) is 0.915. The van der Waals surface area contributed by atoms with Crippen LogP contribution in [0.25, 0.3) is 0 Å². The Bertz CT molecular complexity index is 501. The molecular formula is C14H20N4S. The fourth-order valence-corrected chi connectivity index (χ4v) is 3.50. The van der Waals surface area contributed by atoms with E-state index in [4.69, 9.17) is 0 Å². The highest BCUT2D eigenvalue weighted by atomic mass is 32.2. The Morgan fingerprint density at radius 2 is 2.00 bits per heavy atom. The molecule has 1 aliphatic carbocycles. The molecule has 2 rings (SSSR count). The van der Waals surface area contributed by atoms with Crippen molar-refractivity contribution < 1.29 is 0 Å². The van der Waals surface area contributed by atoms with Crippen LogP contribution in [0.1, 0.15) is 42.5 Å². The maximum Gasteiger partial charge on any atom is 0.166 e. The van der Waals surface area contributed by atoms with Crippen LogP contribution >= 0.6 is 11.8 Å². The number of nitrogens with zero attached hydrogens (tertiary/aromatic N) is 3. The maximum absolute atomic E-state index is 9.27. The molecule has 0 aromatic carbocycles. The number of hydrogen-bond donors (Lipinski definition) is 1. The minimum atomic E-state index is 0.299. The first-order chi connectivity index (χ1) is 9.12. The highest BCUT2D eigenvalue weighted by Crippen LogP contribution is 2.40. The molecule has 0 aliphatic heterocycles. The second-order valence-corrected chi connectivity index (χ2v) is 6.47. The van der Waals surface area contributed by atoms with Crippen LogP contribution in [0.2, 0.25) is 0 Å². The fourth-order valence-electron chi connectivity index (χ4n) is 2.59. The monoisotopic (exact) mass is 276 g/mol. The molecule has 0 amide bonds. The third kappa shape index (κ3) is 2.84. The third-order valence-corrected chi connectivity index (χ3v) is 5.51. The Hall–Kier alpha value is -1.28. The Balaban J connectivity index is 2.16. The van der Waals surface area contributed by atoms with Crippen molar-refractivity contribution in [2.75, 3.05) is 18.1 Å². The number of aryl methyl sites for hydroxylation is 1. The van der Waals surface area contributed by atoms with Gasteiger partial charge in [0.2, 0.25) is 0 Å². The van der Waals surface area contributed by atoms with Crippen molar-refractivity contribution in [3.63, 3.8) is 0 Å². The standard InChI is InChI=1S/C14H20N4S/c1-10-11(2)17-18-13(12(10)8-15)16-9-14(19-3)6-4-5-7-14/h4-7,9H2,1-3H3,(H,16,18). The molecule has 5 heteroatoms. The molecule has 102 valence electrons. The molecule has 1 aromatic heterocycles. The molecule has 4 nitrogen and oxygen atoms in total. The van der Waals surface area contributed by atoms with Gasteiger partial charge in [-0.05, 0) is 38.5 Å². The molecule has 1 saturated carbocycles. The van der Waals surface area contributed by atoms with E-state index in [0.29, 0.717) is 16.1 Å². The van der Waals surface area contributed by atoms with Crippen LogP contribution in [-0.4, -0.2) is 27.7 Å². The summed E-state index contributed by atoms with van der Waals surface area (Å²) in [5.74, 6) is 0.630. The van der Waals surface area contributed by atoms with Crippen molar-refractivity contribution in [1.29, 1.82) is 5.26 Å². The van der Waals surface area contributed by atoms with Crippen molar-refractivity contribution in [3.8, 4) is 6.07 Å². The molecule has 0 radical (unpaired) electrons. The summed E-state index contributed by atoms with van der Waals surface area (Å²) in [6.45, 7) is 4.67. The molecule has 0 saturated heterocycles. The van der Waals surface area contributed by atoms with Gasteiger partial charge < -0.3 is 5.32 Å². The van der Waals surface area contributed by atoms with Gasteiger partial charge in [-0.2, -0.15) is 22.1 Å². The number of nitriles is 1. The smallest absolute Gasteiger partial charge is 0.166 e. The van der Waals surface area contributed by atoms with Crippen LogP contribution in [0, 0.1) is 25.2 Å². The van der Waals surface area contributed by atoms with E-state index in [9.17, 15) is 5.26 Å². The lowest BCUT2D eigenvalue weighted by Crippen LogP contribution is -2.30. The summed E-state index contributed by atoms with van der Waals surface area (Å²) in [6.07, 6.45) is 7.24. The summed E-state index contributed by atoms with van der Waals surface area (Å²) in [5, 5.41) is 20.9. The normalized spacial score (nSPS) is 17.2. The van der Waals surface area contributed by atoms with Gasteiger partial charge in [0.25, 0.3) is 0 Å². The second kappa shape index (κ2) is 5.79. The molecule has 0 unspecified atom stereocenters. The number of rotatable bonds is 4. The van der Waals surface area contributed by atoms with Crippen molar-refractivity contribution in [2.24, 2.45) is 0 Å². The Labute approximate surface area is 119 Å². The van der Waals surface area contributed by atoms with Gasteiger partial charge >= 0.3 is 0 Å². The van der Waals surface area contributed by atoms with Crippen LogP contribution in [0.3, 0.4) is 0 Å². The highest BCUT2D eigenvalue weighted by Gasteiger charge is 2.33. The van der Waals surface area contributed by atoms with Crippen LogP contribution in [0.15, 0.2) is 0 Å². The second-order valence-electron chi connectivity index (χ2n) is 5.19. The van der Waals surface area contributed by atoms with Crippen molar-refractivity contribution in [3.05, 3.63) is 16.8 Å². The first kappa shape index (κ1) is 14.1. The van der Waals surface area contributed by atoms with Crippen LogP contribution in [0.4, 0.5) is 5.82 Å². The molecule has 19 heavy (non-hydrogen) atoms. The summed E-state index contributed by atoms with van der Waals surface area (Å²) in [6, 6.07) is 2.24.